The number of fused-ring (bicyclic) bond motifs is 4. The first kappa shape index (κ1) is 9.54. The number of carbonyl (C=O) groups is 1. The van der Waals surface area contributed by atoms with Gasteiger partial charge in [0.2, 0.25) is 5.91 Å². The van der Waals surface area contributed by atoms with Crippen molar-refractivity contribution in [2.75, 3.05) is 5.88 Å². The molecule has 2 aliphatic rings. The summed E-state index contributed by atoms with van der Waals surface area (Å²) in [6.45, 7) is 0. The number of alkyl halides is 1. The first-order valence-corrected chi connectivity index (χ1v) is 6.30. The van der Waals surface area contributed by atoms with Crippen LogP contribution in [0, 0.1) is 0 Å². The Morgan fingerprint density at radius 2 is 2.47 bits per heavy atom. The van der Waals surface area contributed by atoms with Crippen molar-refractivity contribution in [3.05, 3.63) is 10.6 Å². The quantitative estimate of drug-likeness (QED) is 0.700. The molecule has 1 aromatic heterocycles. The van der Waals surface area contributed by atoms with Gasteiger partial charge in [0.05, 0.1) is 16.6 Å². The molecule has 0 aliphatic carbocycles. The molecule has 1 saturated heterocycles. The minimum atomic E-state index is 0.0446. The monoisotopic (exact) mass is 243 g/mol. The van der Waals surface area contributed by atoms with Crippen molar-refractivity contribution in [1.82, 2.24) is 14.5 Å². The molecule has 1 amide bonds. The molecule has 0 radical (unpaired) electrons. The van der Waals surface area contributed by atoms with E-state index in [-0.39, 0.29) is 17.8 Å². The van der Waals surface area contributed by atoms with Gasteiger partial charge in [0.25, 0.3) is 0 Å². The second-order valence-electron chi connectivity index (χ2n) is 3.97. The maximum Gasteiger partial charge on any atom is 0.238 e. The molecule has 0 N–H and O–H groups in total. The number of amides is 1. The number of halogens is 1. The summed E-state index contributed by atoms with van der Waals surface area (Å²) in [6, 6.07) is 0.502. The molecule has 0 saturated carbocycles. The van der Waals surface area contributed by atoms with E-state index >= 15 is 0 Å². The average molecular weight is 244 g/mol. The Hall–Kier alpha value is -0.680. The third kappa shape index (κ3) is 1.29. The molecule has 15 heavy (non-hydrogen) atoms. The summed E-state index contributed by atoms with van der Waals surface area (Å²) in [6.07, 6.45) is 2.95. The van der Waals surface area contributed by atoms with Gasteiger partial charge in [-0.15, -0.1) is 16.7 Å². The number of carbonyl (C=O) groups excluding carboxylic acids is 1. The van der Waals surface area contributed by atoms with Crippen molar-refractivity contribution in [3.63, 3.8) is 0 Å². The van der Waals surface area contributed by atoms with Crippen LogP contribution >= 0.6 is 23.1 Å². The summed E-state index contributed by atoms with van der Waals surface area (Å²) in [5.74, 6) is 0.123. The van der Waals surface area contributed by atoms with E-state index in [4.69, 9.17) is 11.6 Å². The standard InChI is InChI=1S/C9H10ClN3OS/c10-4-8(14)13-5-1-2-7(13)9-6(3-5)11-12-15-9/h5,7H,1-4H2/t5-,7-/m0/s1. The van der Waals surface area contributed by atoms with Crippen molar-refractivity contribution in [3.8, 4) is 0 Å². The summed E-state index contributed by atoms with van der Waals surface area (Å²) in [5, 5.41) is 4.11. The molecule has 2 atom stereocenters. The van der Waals surface area contributed by atoms with Gasteiger partial charge in [-0.3, -0.25) is 4.79 Å². The van der Waals surface area contributed by atoms with Crippen LogP contribution in [0.4, 0.5) is 0 Å². The Labute approximate surface area is 96.4 Å². The Morgan fingerprint density at radius 3 is 3.27 bits per heavy atom. The minimum absolute atomic E-state index is 0.0446. The second-order valence-corrected chi connectivity index (χ2v) is 5.02. The first-order chi connectivity index (χ1) is 7.31. The second kappa shape index (κ2) is 3.42. The van der Waals surface area contributed by atoms with E-state index in [0.717, 1.165) is 25.0 Å². The van der Waals surface area contributed by atoms with Crippen LogP contribution in [-0.4, -0.2) is 32.3 Å². The Balaban J connectivity index is 2.00. The lowest BCUT2D eigenvalue weighted by atomic mass is 10.1. The van der Waals surface area contributed by atoms with Crippen LogP contribution in [0.3, 0.4) is 0 Å². The van der Waals surface area contributed by atoms with Gasteiger partial charge in [0.15, 0.2) is 0 Å². The molecule has 3 rings (SSSR count). The molecule has 0 spiro atoms. The van der Waals surface area contributed by atoms with E-state index in [1.807, 2.05) is 4.90 Å². The fourth-order valence-corrected chi connectivity index (χ4v) is 3.57. The highest BCUT2D eigenvalue weighted by atomic mass is 35.5. The van der Waals surface area contributed by atoms with Crippen molar-refractivity contribution in [1.29, 1.82) is 0 Å². The third-order valence-corrected chi connectivity index (χ3v) is 4.32. The lowest BCUT2D eigenvalue weighted by Gasteiger charge is -2.33. The summed E-state index contributed by atoms with van der Waals surface area (Å²) in [7, 11) is 0. The van der Waals surface area contributed by atoms with Gasteiger partial charge < -0.3 is 4.90 Å². The number of rotatable bonds is 1. The zero-order valence-corrected chi connectivity index (χ0v) is 9.59. The molecule has 0 unspecified atom stereocenters. The number of aromatic nitrogens is 2. The maximum absolute atomic E-state index is 11.7. The molecule has 6 heteroatoms. The Morgan fingerprint density at radius 1 is 1.60 bits per heavy atom. The van der Waals surface area contributed by atoms with Crippen LogP contribution in [0.1, 0.15) is 29.5 Å². The maximum atomic E-state index is 11.7. The predicted molar refractivity (Wildman–Crippen MR) is 56.9 cm³/mol. The van der Waals surface area contributed by atoms with Crippen molar-refractivity contribution < 1.29 is 4.79 Å². The third-order valence-electron chi connectivity index (χ3n) is 3.22. The molecular weight excluding hydrogens is 234 g/mol. The van der Waals surface area contributed by atoms with Crippen LogP contribution in [0.5, 0.6) is 0 Å². The van der Waals surface area contributed by atoms with Crippen LogP contribution in [0.25, 0.3) is 0 Å². The highest BCUT2D eigenvalue weighted by Crippen LogP contribution is 2.44. The van der Waals surface area contributed by atoms with Gasteiger partial charge in [0, 0.05) is 12.5 Å². The molecular formula is C9H10ClN3OS. The van der Waals surface area contributed by atoms with Crippen LogP contribution in [0.15, 0.2) is 0 Å². The van der Waals surface area contributed by atoms with Gasteiger partial charge in [-0.25, -0.2) is 0 Å². The Kier molecular flexibility index (Phi) is 2.17. The number of hydrogen-bond acceptors (Lipinski definition) is 4. The molecule has 2 bridgehead atoms. The average Bonchev–Trinajstić information content (AvgIpc) is 2.83. The number of nitrogens with zero attached hydrogens (tertiary/aromatic N) is 3. The summed E-state index contributed by atoms with van der Waals surface area (Å²) >= 11 is 7.04. The summed E-state index contributed by atoms with van der Waals surface area (Å²) < 4.78 is 3.96. The largest absolute Gasteiger partial charge is 0.330 e. The van der Waals surface area contributed by atoms with E-state index in [2.05, 4.69) is 9.59 Å². The summed E-state index contributed by atoms with van der Waals surface area (Å²) in [4.78, 5) is 14.8. The number of hydrogen-bond donors (Lipinski definition) is 0. The molecule has 1 aromatic rings. The van der Waals surface area contributed by atoms with Gasteiger partial charge >= 0.3 is 0 Å². The Bertz CT molecular complexity index is 408. The van der Waals surface area contributed by atoms with Crippen LogP contribution < -0.4 is 0 Å². The smallest absolute Gasteiger partial charge is 0.238 e. The van der Waals surface area contributed by atoms with Gasteiger partial charge in [-0.1, -0.05) is 4.49 Å². The van der Waals surface area contributed by atoms with E-state index in [0.29, 0.717) is 6.04 Å². The summed E-state index contributed by atoms with van der Waals surface area (Å²) in [5.41, 5.74) is 1.09. The van der Waals surface area contributed by atoms with Crippen molar-refractivity contribution in [2.24, 2.45) is 0 Å². The van der Waals surface area contributed by atoms with Crippen molar-refractivity contribution in [2.45, 2.75) is 31.3 Å². The van der Waals surface area contributed by atoms with E-state index in [1.54, 1.807) is 0 Å². The molecule has 4 nitrogen and oxygen atoms in total. The van der Waals surface area contributed by atoms with E-state index in [9.17, 15) is 4.79 Å². The van der Waals surface area contributed by atoms with Gasteiger partial charge in [-0.05, 0) is 24.4 Å². The molecule has 1 fully saturated rings. The van der Waals surface area contributed by atoms with Crippen LogP contribution in [-0.2, 0) is 11.2 Å². The highest BCUT2D eigenvalue weighted by Gasteiger charge is 2.43. The SMILES string of the molecule is O=C(CCl)N1[C@H]2CC[C@H]1c1snnc1C2. The lowest BCUT2D eigenvalue weighted by Crippen LogP contribution is -2.42. The zero-order chi connectivity index (χ0) is 10.4. The van der Waals surface area contributed by atoms with Crippen LogP contribution in [0.2, 0.25) is 0 Å². The highest BCUT2D eigenvalue weighted by molar-refractivity contribution is 7.05. The van der Waals surface area contributed by atoms with E-state index < -0.39 is 0 Å². The minimum Gasteiger partial charge on any atom is -0.330 e. The normalized spacial score (nSPS) is 27.9. The van der Waals surface area contributed by atoms with Gasteiger partial charge in [-0.2, -0.15) is 0 Å². The molecule has 80 valence electrons. The lowest BCUT2D eigenvalue weighted by molar-refractivity contribution is -0.131. The molecule has 2 aliphatic heterocycles. The molecule has 3 heterocycles. The zero-order valence-electron chi connectivity index (χ0n) is 8.02. The predicted octanol–water partition coefficient (Wildman–Crippen LogP) is 1.37. The molecule has 0 aromatic carbocycles. The topological polar surface area (TPSA) is 46.1 Å². The van der Waals surface area contributed by atoms with Gasteiger partial charge in [0.1, 0.15) is 5.88 Å². The first-order valence-electron chi connectivity index (χ1n) is 4.99. The van der Waals surface area contributed by atoms with E-state index in [1.165, 1.54) is 16.4 Å². The van der Waals surface area contributed by atoms with Crippen molar-refractivity contribution >= 4 is 29.0 Å². The fraction of sp³-hybridized carbons (Fsp3) is 0.667. The fourth-order valence-electron chi connectivity index (χ4n) is 2.62.